The second-order valence-corrected chi connectivity index (χ2v) is 12.2. The Morgan fingerprint density at radius 1 is 0.907 bits per heavy atom. The number of aliphatic imine (C=N–C) groups is 1. The van der Waals surface area contributed by atoms with E-state index >= 15 is 0 Å². The third kappa shape index (κ3) is 7.36. The molecular weight excluding hydrogens is 536 g/mol. The number of amidine groups is 1. The number of rotatable bonds is 11. The van der Waals surface area contributed by atoms with E-state index in [1.165, 1.54) is 0 Å². The molecule has 0 saturated carbocycles. The molecule has 222 valence electrons. The molecule has 0 radical (unpaired) electrons. The van der Waals surface area contributed by atoms with Crippen LogP contribution in [-0.4, -0.2) is 27.1 Å². The van der Waals surface area contributed by atoms with Gasteiger partial charge in [-0.1, -0.05) is 6.07 Å². The van der Waals surface area contributed by atoms with Gasteiger partial charge in [0.15, 0.2) is 0 Å². The number of hydrogen-bond acceptors (Lipinski definition) is 5. The molecule has 3 aromatic heterocycles. The van der Waals surface area contributed by atoms with E-state index in [1.54, 1.807) is 6.20 Å². The van der Waals surface area contributed by atoms with Crippen LogP contribution in [0, 0.1) is 0 Å². The SMILES string of the molecule is CC(C)Oc1cc(N=C(N)c2ccccn2)ccc1-c1ccc(-c2ccc(OC(C)(C)CC(C)(C)n3cccc3)cc2)o1. The summed E-state index contributed by atoms with van der Waals surface area (Å²) < 4.78 is 21.1. The van der Waals surface area contributed by atoms with E-state index in [2.05, 4.69) is 66.8 Å². The third-order valence-corrected chi connectivity index (χ3v) is 7.07. The highest BCUT2D eigenvalue weighted by Gasteiger charge is 2.31. The van der Waals surface area contributed by atoms with Crippen LogP contribution in [0.1, 0.15) is 53.7 Å². The zero-order valence-electron chi connectivity index (χ0n) is 25.7. The summed E-state index contributed by atoms with van der Waals surface area (Å²) in [7, 11) is 0. The Morgan fingerprint density at radius 3 is 2.30 bits per heavy atom. The first kappa shape index (κ1) is 29.7. The molecule has 0 aliphatic heterocycles. The largest absolute Gasteiger partial charge is 0.490 e. The van der Waals surface area contributed by atoms with Gasteiger partial charge in [0.05, 0.1) is 17.4 Å². The molecule has 2 aromatic carbocycles. The zero-order chi connectivity index (χ0) is 30.6. The van der Waals surface area contributed by atoms with Gasteiger partial charge in [-0.05, 0) is 114 Å². The van der Waals surface area contributed by atoms with E-state index in [0.29, 0.717) is 28.7 Å². The predicted octanol–water partition coefficient (Wildman–Crippen LogP) is 8.62. The van der Waals surface area contributed by atoms with Crippen molar-refractivity contribution in [3.8, 4) is 34.1 Å². The second-order valence-electron chi connectivity index (χ2n) is 12.2. The van der Waals surface area contributed by atoms with Gasteiger partial charge in [0.1, 0.15) is 40.2 Å². The predicted molar refractivity (Wildman–Crippen MR) is 173 cm³/mol. The molecule has 43 heavy (non-hydrogen) atoms. The highest BCUT2D eigenvalue weighted by atomic mass is 16.5. The lowest BCUT2D eigenvalue weighted by Gasteiger charge is -2.36. The minimum Gasteiger partial charge on any atom is -0.490 e. The lowest BCUT2D eigenvalue weighted by molar-refractivity contribution is 0.0597. The van der Waals surface area contributed by atoms with Crippen molar-refractivity contribution in [3.63, 3.8) is 0 Å². The smallest absolute Gasteiger partial charge is 0.150 e. The Hall–Kier alpha value is -4.78. The summed E-state index contributed by atoms with van der Waals surface area (Å²) in [6, 6.07) is 27.3. The van der Waals surface area contributed by atoms with Crippen LogP contribution in [-0.2, 0) is 5.54 Å². The summed E-state index contributed by atoms with van der Waals surface area (Å²) >= 11 is 0. The van der Waals surface area contributed by atoms with Gasteiger partial charge in [-0.2, -0.15) is 0 Å². The van der Waals surface area contributed by atoms with Crippen LogP contribution in [0.5, 0.6) is 11.5 Å². The van der Waals surface area contributed by atoms with Gasteiger partial charge >= 0.3 is 0 Å². The van der Waals surface area contributed by atoms with Gasteiger partial charge in [-0.3, -0.25) is 4.98 Å². The molecule has 0 fully saturated rings. The lowest BCUT2D eigenvalue weighted by Crippen LogP contribution is -2.39. The standard InChI is InChI=1S/C36H40N4O3/c1-25(2)41-33-23-27(39-34(37)30-11-7-8-20-38-30)14-17-29(33)32-19-18-31(42-32)26-12-15-28(16-13-26)43-36(5,6)24-35(3,4)40-21-9-10-22-40/h7-23,25H,24H2,1-6H3,(H2,37,39). The number of benzene rings is 2. The number of pyridine rings is 1. The Labute approximate surface area is 254 Å². The van der Waals surface area contributed by atoms with Gasteiger partial charge in [-0.25, -0.2) is 4.99 Å². The number of nitrogens with zero attached hydrogens (tertiary/aromatic N) is 3. The number of furan rings is 1. The molecule has 0 spiro atoms. The number of nitrogens with two attached hydrogens (primary N) is 1. The molecule has 5 rings (SSSR count). The van der Waals surface area contributed by atoms with E-state index in [-0.39, 0.29) is 17.2 Å². The average Bonchev–Trinajstić information content (AvgIpc) is 3.67. The fraction of sp³-hybridized carbons (Fsp3) is 0.278. The van der Waals surface area contributed by atoms with Crippen LogP contribution >= 0.6 is 0 Å². The molecule has 5 aromatic rings. The molecule has 0 atom stereocenters. The molecule has 2 N–H and O–H groups in total. The van der Waals surface area contributed by atoms with Crippen molar-refractivity contribution in [1.29, 1.82) is 0 Å². The minimum absolute atomic E-state index is 0.0359. The van der Waals surface area contributed by atoms with Gasteiger partial charge in [-0.15, -0.1) is 0 Å². The van der Waals surface area contributed by atoms with Crippen molar-refractivity contribution < 1.29 is 13.9 Å². The summed E-state index contributed by atoms with van der Waals surface area (Å²) in [6.07, 6.45) is 6.70. The Balaban J connectivity index is 1.33. The maximum absolute atomic E-state index is 6.44. The highest BCUT2D eigenvalue weighted by Crippen LogP contribution is 2.38. The average molecular weight is 577 g/mol. The zero-order valence-corrected chi connectivity index (χ0v) is 25.7. The fourth-order valence-corrected chi connectivity index (χ4v) is 5.40. The van der Waals surface area contributed by atoms with Gasteiger partial charge in [0.2, 0.25) is 0 Å². The first-order chi connectivity index (χ1) is 20.5. The third-order valence-electron chi connectivity index (χ3n) is 7.07. The Bertz CT molecular complexity index is 1670. The van der Waals surface area contributed by atoms with E-state index in [9.17, 15) is 0 Å². The van der Waals surface area contributed by atoms with Gasteiger partial charge in [0, 0.05) is 42.2 Å². The van der Waals surface area contributed by atoms with Crippen molar-refractivity contribution in [2.45, 2.75) is 65.2 Å². The van der Waals surface area contributed by atoms with Crippen molar-refractivity contribution in [3.05, 3.63) is 109 Å². The van der Waals surface area contributed by atoms with Crippen molar-refractivity contribution in [2.24, 2.45) is 10.7 Å². The van der Waals surface area contributed by atoms with Crippen LogP contribution < -0.4 is 15.2 Å². The van der Waals surface area contributed by atoms with Crippen molar-refractivity contribution >= 4 is 11.5 Å². The topological polar surface area (TPSA) is 87.8 Å². The maximum Gasteiger partial charge on any atom is 0.150 e. The summed E-state index contributed by atoms with van der Waals surface area (Å²) in [5.74, 6) is 3.28. The van der Waals surface area contributed by atoms with Crippen LogP contribution in [0.2, 0.25) is 0 Å². The quantitative estimate of drug-likeness (QED) is 0.126. The molecule has 7 heteroatoms. The van der Waals surface area contributed by atoms with Crippen molar-refractivity contribution in [1.82, 2.24) is 9.55 Å². The minimum atomic E-state index is -0.363. The Morgan fingerprint density at radius 2 is 1.63 bits per heavy atom. The first-order valence-electron chi connectivity index (χ1n) is 14.6. The fourth-order valence-electron chi connectivity index (χ4n) is 5.40. The molecule has 0 amide bonds. The lowest BCUT2D eigenvalue weighted by atomic mass is 9.89. The van der Waals surface area contributed by atoms with E-state index in [4.69, 9.17) is 19.6 Å². The van der Waals surface area contributed by atoms with E-state index in [0.717, 1.165) is 29.1 Å². The normalized spacial score (nSPS) is 12.5. The maximum atomic E-state index is 6.44. The molecule has 0 saturated heterocycles. The molecule has 0 bridgehead atoms. The molecular formula is C36H40N4O3. The second kappa shape index (κ2) is 12.2. The molecule has 0 aliphatic rings. The summed E-state index contributed by atoms with van der Waals surface area (Å²) in [5, 5.41) is 0. The summed E-state index contributed by atoms with van der Waals surface area (Å²) in [6.45, 7) is 12.7. The molecule has 0 aliphatic carbocycles. The van der Waals surface area contributed by atoms with E-state index < -0.39 is 0 Å². The summed E-state index contributed by atoms with van der Waals surface area (Å²) in [4.78, 5) is 8.84. The number of ether oxygens (including phenoxy) is 2. The van der Waals surface area contributed by atoms with Gasteiger partial charge in [0.25, 0.3) is 0 Å². The first-order valence-corrected chi connectivity index (χ1v) is 14.6. The van der Waals surface area contributed by atoms with Crippen molar-refractivity contribution in [2.75, 3.05) is 0 Å². The monoisotopic (exact) mass is 576 g/mol. The van der Waals surface area contributed by atoms with Crippen LogP contribution in [0.3, 0.4) is 0 Å². The van der Waals surface area contributed by atoms with Crippen LogP contribution in [0.25, 0.3) is 22.6 Å². The van der Waals surface area contributed by atoms with Crippen LogP contribution in [0.15, 0.2) is 113 Å². The van der Waals surface area contributed by atoms with Crippen LogP contribution in [0.4, 0.5) is 5.69 Å². The number of aromatic nitrogens is 2. The Kier molecular flexibility index (Phi) is 8.44. The molecule has 0 unspecified atom stereocenters. The summed E-state index contributed by atoms with van der Waals surface area (Å²) in [5.41, 5.74) is 8.85. The van der Waals surface area contributed by atoms with Gasteiger partial charge < -0.3 is 24.2 Å². The van der Waals surface area contributed by atoms with E-state index in [1.807, 2.05) is 86.6 Å². The number of hydrogen-bond donors (Lipinski definition) is 1. The highest BCUT2D eigenvalue weighted by molar-refractivity contribution is 5.97. The molecule has 7 nitrogen and oxygen atoms in total. The molecule has 3 heterocycles.